The third kappa shape index (κ3) is 3.34. The Balaban J connectivity index is 2.97. The van der Waals surface area contributed by atoms with Gasteiger partial charge in [-0.05, 0) is 0 Å². The van der Waals surface area contributed by atoms with Crippen LogP contribution in [-0.4, -0.2) is 42.5 Å². The van der Waals surface area contributed by atoms with Crippen molar-refractivity contribution in [3.8, 4) is 0 Å². The summed E-state index contributed by atoms with van der Waals surface area (Å²) in [7, 11) is 0. The normalized spacial score (nSPS) is 27.3. The zero-order valence-corrected chi connectivity index (χ0v) is 11.0. The summed E-state index contributed by atoms with van der Waals surface area (Å²) in [5.41, 5.74) is 0. The molecule has 1 heterocycles. The van der Waals surface area contributed by atoms with E-state index in [1.807, 2.05) is 0 Å². The lowest BCUT2D eigenvalue weighted by Gasteiger charge is -2.34. The van der Waals surface area contributed by atoms with Crippen LogP contribution < -0.4 is 0 Å². The first-order chi connectivity index (χ1) is 9.82. The van der Waals surface area contributed by atoms with Gasteiger partial charge in [0.1, 0.15) is 12.7 Å². The standard InChI is InChI=1S/C11H10F6O5/c1-5(12)8(19)20-4-7-3-9(13,14)10(22-7,11(15,16)17)21-6(2)18/h7H,1,3-4H2,2H3. The Morgan fingerprint density at radius 3 is 2.32 bits per heavy atom. The van der Waals surface area contributed by atoms with Gasteiger partial charge in [0.25, 0.3) is 0 Å². The number of halogens is 6. The predicted molar refractivity (Wildman–Crippen MR) is 56.2 cm³/mol. The molecule has 1 rings (SSSR count). The van der Waals surface area contributed by atoms with Crippen LogP contribution in [0.4, 0.5) is 26.3 Å². The predicted octanol–water partition coefficient (Wildman–Crippen LogP) is 2.26. The molecular formula is C11H10F6O5. The molecule has 2 atom stereocenters. The van der Waals surface area contributed by atoms with E-state index in [9.17, 15) is 35.9 Å². The van der Waals surface area contributed by atoms with Gasteiger partial charge in [0.2, 0.25) is 5.83 Å². The Labute approximate surface area is 119 Å². The van der Waals surface area contributed by atoms with Gasteiger partial charge in [-0.15, -0.1) is 0 Å². The molecule has 0 N–H and O–H groups in total. The first-order valence-corrected chi connectivity index (χ1v) is 5.66. The highest BCUT2D eigenvalue weighted by atomic mass is 19.4. The first kappa shape index (κ1) is 18.3. The molecule has 1 saturated heterocycles. The number of ether oxygens (including phenoxy) is 3. The lowest BCUT2D eigenvalue weighted by Crippen LogP contribution is -2.59. The molecule has 0 aromatic rings. The van der Waals surface area contributed by atoms with E-state index >= 15 is 0 Å². The summed E-state index contributed by atoms with van der Waals surface area (Å²) < 4.78 is 90.4. The second-order valence-corrected chi connectivity index (χ2v) is 4.36. The van der Waals surface area contributed by atoms with Crippen molar-refractivity contribution in [3.05, 3.63) is 12.4 Å². The maximum atomic E-state index is 13.7. The van der Waals surface area contributed by atoms with Crippen LogP contribution in [0.5, 0.6) is 0 Å². The Morgan fingerprint density at radius 1 is 1.36 bits per heavy atom. The number of alkyl halides is 5. The van der Waals surface area contributed by atoms with E-state index in [0.29, 0.717) is 6.92 Å². The fourth-order valence-electron chi connectivity index (χ4n) is 1.76. The van der Waals surface area contributed by atoms with Gasteiger partial charge in [0, 0.05) is 13.3 Å². The molecule has 22 heavy (non-hydrogen) atoms. The van der Waals surface area contributed by atoms with Crippen LogP contribution in [0.3, 0.4) is 0 Å². The molecule has 2 unspecified atom stereocenters. The van der Waals surface area contributed by atoms with Crippen molar-refractivity contribution in [1.82, 2.24) is 0 Å². The minimum Gasteiger partial charge on any atom is -0.458 e. The van der Waals surface area contributed by atoms with Gasteiger partial charge in [0.15, 0.2) is 0 Å². The minimum atomic E-state index is -5.75. The van der Waals surface area contributed by atoms with Crippen molar-refractivity contribution in [1.29, 1.82) is 0 Å². The largest absolute Gasteiger partial charge is 0.462 e. The summed E-state index contributed by atoms with van der Waals surface area (Å²) in [6.07, 6.45) is -9.25. The summed E-state index contributed by atoms with van der Waals surface area (Å²) in [6, 6.07) is 0. The third-order valence-electron chi connectivity index (χ3n) is 2.58. The number of carbonyl (C=O) groups excluding carboxylic acids is 2. The van der Waals surface area contributed by atoms with Crippen LogP contribution >= 0.6 is 0 Å². The van der Waals surface area contributed by atoms with Crippen LogP contribution in [0.2, 0.25) is 0 Å². The molecule has 0 aliphatic carbocycles. The average Bonchev–Trinajstić information content (AvgIpc) is 2.56. The van der Waals surface area contributed by atoms with E-state index in [1.165, 1.54) is 0 Å². The van der Waals surface area contributed by atoms with Gasteiger partial charge in [-0.2, -0.15) is 26.3 Å². The molecule has 0 aromatic heterocycles. The number of hydrogen-bond acceptors (Lipinski definition) is 5. The molecule has 11 heteroatoms. The summed E-state index contributed by atoms with van der Waals surface area (Å²) >= 11 is 0. The molecular weight excluding hydrogens is 326 g/mol. The lowest BCUT2D eigenvalue weighted by atomic mass is 10.1. The Kier molecular flexibility index (Phi) is 4.80. The number of rotatable bonds is 4. The molecule has 126 valence electrons. The lowest BCUT2D eigenvalue weighted by molar-refractivity contribution is -0.407. The second-order valence-electron chi connectivity index (χ2n) is 4.36. The maximum absolute atomic E-state index is 13.7. The molecule has 0 amide bonds. The van der Waals surface area contributed by atoms with Crippen molar-refractivity contribution < 1.29 is 50.1 Å². The first-order valence-electron chi connectivity index (χ1n) is 5.66. The minimum absolute atomic E-state index is 0.493. The van der Waals surface area contributed by atoms with E-state index in [0.717, 1.165) is 0 Å². The molecule has 1 fully saturated rings. The van der Waals surface area contributed by atoms with Crippen LogP contribution in [0.25, 0.3) is 0 Å². The van der Waals surface area contributed by atoms with Crippen molar-refractivity contribution in [2.75, 3.05) is 6.61 Å². The molecule has 5 nitrogen and oxygen atoms in total. The fourth-order valence-corrected chi connectivity index (χ4v) is 1.76. The van der Waals surface area contributed by atoms with Crippen LogP contribution in [0.1, 0.15) is 13.3 Å². The van der Waals surface area contributed by atoms with Gasteiger partial charge >= 0.3 is 29.8 Å². The maximum Gasteiger partial charge on any atom is 0.462 e. The summed E-state index contributed by atoms with van der Waals surface area (Å²) in [6.45, 7) is 1.95. The highest BCUT2D eigenvalue weighted by molar-refractivity contribution is 5.85. The zero-order valence-electron chi connectivity index (χ0n) is 11.0. The van der Waals surface area contributed by atoms with Crippen LogP contribution in [0.15, 0.2) is 12.4 Å². The highest BCUT2D eigenvalue weighted by Gasteiger charge is 2.79. The van der Waals surface area contributed by atoms with E-state index in [-0.39, 0.29) is 0 Å². The summed E-state index contributed by atoms with van der Waals surface area (Å²) in [4.78, 5) is 21.5. The average molecular weight is 336 g/mol. The van der Waals surface area contributed by atoms with Gasteiger partial charge in [-0.1, -0.05) is 6.58 Å². The Hall–Kier alpha value is -1.78. The Morgan fingerprint density at radius 2 is 1.91 bits per heavy atom. The molecule has 0 bridgehead atoms. The molecule has 0 radical (unpaired) electrons. The van der Waals surface area contributed by atoms with Crippen LogP contribution in [0, 0.1) is 0 Å². The van der Waals surface area contributed by atoms with Crippen molar-refractivity contribution in [2.24, 2.45) is 0 Å². The van der Waals surface area contributed by atoms with Gasteiger partial charge in [-0.3, -0.25) is 4.79 Å². The Bertz CT molecular complexity index is 488. The van der Waals surface area contributed by atoms with E-state index in [2.05, 4.69) is 20.8 Å². The van der Waals surface area contributed by atoms with Crippen molar-refractivity contribution in [3.63, 3.8) is 0 Å². The van der Waals surface area contributed by atoms with Gasteiger partial charge in [-0.25, -0.2) is 4.79 Å². The number of carbonyl (C=O) groups is 2. The monoisotopic (exact) mass is 336 g/mol. The van der Waals surface area contributed by atoms with Crippen LogP contribution in [-0.2, 0) is 23.8 Å². The second kappa shape index (κ2) is 5.78. The molecule has 0 saturated carbocycles. The quantitative estimate of drug-likeness (QED) is 0.448. The smallest absolute Gasteiger partial charge is 0.458 e. The zero-order chi connectivity index (χ0) is 17.3. The third-order valence-corrected chi connectivity index (χ3v) is 2.58. The fraction of sp³-hybridized carbons (Fsp3) is 0.636. The van der Waals surface area contributed by atoms with E-state index < -0.39 is 54.8 Å². The highest BCUT2D eigenvalue weighted by Crippen LogP contribution is 2.53. The summed E-state index contributed by atoms with van der Waals surface area (Å²) in [5.74, 6) is -14.0. The molecule has 0 aromatic carbocycles. The van der Waals surface area contributed by atoms with Gasteiger partial charge < -0.3 is 14.2 Å². The number of esters is 2. The number of hydrogen-bond donors (Lipinski definition) is 0. The van der Waals surface area contributed by atoms with E-state index in [1.54, 1.807) is 0 Å². The van der Waals surface area contributed by atoms with E-state index in [4.69, 9.17) is 0 Å². The van der Waals surface area contributed by atoms with Crippen molar-refractivity contribution >= 4 is 11.9 Å². The topological polar surface area (TPSA) is 61.8 Å². The van der Waals surface area contributed by atoms with Crippen molar-refractivity contribution in [2.45, 2.75) is 37.3 Å². The SMILES string of the molecule is C=C(F)C(=O)OCC1CC(F)(F)C(OC(C)=O)(C(F)(F)F)O1. The molecule has 1 aliphatic heterocycles. The summed E-state index contributed by atoms with van der Waals surface area (Å²) in [5, 5.41) is 0. The van der Waals surface area contributed by atoms with Gasteiger partial charge in [0.05, 0.1) is 0 Å². The molecule has 0 spiro atoms. The molecule has 1 aliphatic rings.